The minimum Gasteiger partial charge on any atom is -0.298 e. The molecule has 0 unspecified atom stereocenters. The van der Waals surface area contributed by atoms with Crippen molar-refractivity contribution in [2.24, 2.45) is 0 Å². The van der Waals surface area contributed by atoms with Crippen LogP contribution >= 0.6 is 45.9 Å². The molecular weight excluding hydrogens is 473 g/mol. The summed E-state index contributed by atoms with van der Waals surface area (Å²) in [4.78, 5) is 18.0. The Morgan fingerprint density at radius 3 is 2.52 bits per heavy atom. The summed E-state index contributed by atoms with van der Waals surface area (Å²) >= 11 is 14.8. The van der Waals surface area contributed by atoms with Gasteiger partial charge in [0, 0.05) is 18.5 Å². The third-order valence-electron chi connectivity index (χ3n) is 4.08. The lowest BCUT2D eigenvalue weighted by molar-refractivity contribution is 0.102. The van der Waals surface area contributed by atoms with Crippen LogP contribution in [0.25, 0.3) is 10.6 Å². The Balaban J connectivity index is 1.85. The predicted octanol–water partition coefficient (Wildman–Crippen LogP) is 5.46. The van der Waals surface area contributed by atoms with Crippen molar-refractivity contribution < 1.29 is 13.2 Å². The highest BCUT2D eigenvalue weighted by molar-refractivity contribution is 7.89. The Morgan fingerprint density at radius 1 is 1.17 bits per heavy atom. The SMILES string of the molecule is CCN(CC)S(=O)(=O)c1ccc(Cl)c(C(=O)Nc2nc(-c3ccc(Cl)s3)cs2)c1. The van der Waals surface area contributed by atoms with Crippen LogP contribution in [0.2, 0.25) is 9.36 Å². The Hall–Kier alpha value is -1.49. The van der Waals surface area contributed by atoms with Crippen molar-refractivity contribution in [2.45, 2.75) is 18.7 Å². The number of thiazole rings is 1. The Bertz CT molecular complexity index is 1140. The van der Waals surface area contributed by atoms with Crippen LogP contribution in [0.15, 0.2) is 40.6 Å². The highest BCUT2D eigenvalue weighted by Crippen LogP contribution is 2.33. The molecule has 0 aliphatic carbocycles. The largest absolute Gasteiger partial charge is 0.298 e. The number of carbonyl (C=O) groups is 1. The van der Waals surface area contributed by atoms with Crippen LogP contribution in [-0.4, -0.2) is 36.7 Å². The number of aromatic nitrogens is 1. The second-order valence-electron chi connectivity index (χ2n) is 5.83. The molecule has 3 aromatic rings. The summed E-state index contributed by atoms with van der Waals surface area (Å²) < 4.78 is 27.4. The van der Waals surface area contributed by atoms with Crippen molar-refractivity contribution in [3.8, 4) is 10.6 Å². The number of nitrogens with one attached hydrogen (secondary N) is 1. The summed E-state index contributed by atoms with van der Waals surface area (Å²) in [5.74, 6) is -0.531. The number of halogens is 2. The molecule has 6 nitrogen and oxygen atoms in total. The second kappa shape index (κ2) is 9.11. The average molecular weight is 490 g/mol. The maximum Gasteiger partial charge on any atom is 0.259 e. The fourth-order valence-electron chi connectivity index (χ4n) is 2.61. The van der Waals surface area contributed by atoms with Crippen molar-refractivity contribution in [2.75, 3.05) is 18.4 Å². The van der Waals surface area contributed by atoms with Gasteiger partial charge in [-0.3, -0.25) is 10.1 Å². The van der Waals surface area contributed by atoms with Crippen molar-refractivity contribution in [1.29, 1.82) is 0 Å². The van der Waals surface area contributed by atoms with Crippen LogP contribution in [0, 0.1) is 0 Å². The zero-order valence-electron chi connectivity index (χ0n) is 15.5. The Labute approximate surface area is 187 Å². The summed E-state index contributed by atoms with van der Waals surface area (Å²) in [6.07, 6.45) is 0. The third-order valence-corrected chi connectivity index (χ3v) is 8.46. The maximum atomic E-state index is 12.7. The molecule has 0 bridgehead atoms. The highest BCUT2D eigenvalue weighted by atomic mass is 35.5. The van der Waals surface area contributed by atoms with Crippen LogP contribution in [0.3, 0.4) is 0 Å². The van der Waals surface area contributed by atoms with E-state index in [0.717, 1.165) is 4.88 Å². The lowest BCUT2D eigenvalue weighted by atomic mass is 10.2. The van der Waals surface area contributed by atoms with Gasteiger partial charge in [-0.15, -0.1) is 22.7 Å². The molecule has 154 valence electrons. The van der Waals surface area contributed by atoms with Gasteiger partial charge >= 0.3 is 0 Å². The molecule has 2 aromatic heterocycles. The van der Waals surface area contributed by atoms with Gasteiger partial charge in [0.2, 0.25) is 10.0 Å². The summed E-state index contributed by atoms with van der Waals surface area (Å²) in [6, 6.07) is 7.73. The summed E-state index contributed by atoms with van der Waals surface area (Å²) in [6.45, 7) is 4.17. The topological polar surface area (TPSA) is 79.4 Å². The molecule has 0 aliphatic rings. The van der Waals surface area contributed by atoms with E-state index in [9.17, 15) is 13.2 Å². The number of amides is 1. The molecule has 1 aromatic carbocycles. The van der Waals surface area contributed by atoms with Gasteiger partial charge in [-0.1, -0.05) is 37.0 Å². The Morgan fingerprint density at radius 2 is 1.90 bits per heavy atom. The van der Waals surface area contributed by atoms with Gasteiger partial charge in [-0.25, -0.2) is 13.4 Å². The number of carbonyl (C=O) groups excluding carboxylic acids is 1. The molecule has 3 rings (SSSR count). The molecule has 0 fully saturated rings. The van der Waals surface area contributed by atoms with Crippen molar-refractivity contribution in [3.05, 3.63) is 50.6 Å². The molecule has 1 N–H and O–H groups in total. The standard InChI is InChI=1S/C18H17Cl2N3O3S3/c1-3-23(4-2)29(25,26)11-5-6-13(19)12(9-11)17(24)22-18-21-14(10-27-18)15-7-8-16(20)28-15/h5-10H,3-4H2,1-2H3,(H,21,22,24). The fraction of sp³-hybridized carbons (Fsp3) is 0.222. The lowest BCUT2D eigenvalue weighted by Crippen LogP contribution is -2.30. The van der Waals surface area contributed by atoms with Crippen LogP contribution in [0.5, 0.6) is 0 Å². The first-order valence-corrected chi connectivity index (χ1v) is 12.5. The zero-order chi connectivity index (χ0) is 21.2. The van der Waals surface area contributed by atoms with Crippen molar-refractivity contribution in [1.82, 2.24) is 9.29 Å². The van der Waals surface area contributed by atoms with Gasteiger partial charge in [0.05, 0.1) is 30.4 Å². The molecule has 0 saturated heterocycles. The monoisotopic (exact) mass is 489 g/mol. The summed E-state index contributed by atoms with van der Waals surface area (Å²) in [7, 11) is -3.71. The predicted molar refractivity (Wildman–Crippen MR) is 120 cm³/mol. The fourth-order valence-corrected chi connectivity index (χ4v) is 6.08. The smallest absolute Gasteiger partial charge is 0.259 e. The number of anilines is 1. The molecule has 0 atom stereocenters. The minimum atomic E-state index is -3.71. The molecule has 29 heavy (non-hydrogen) atoms. The quantitative estimate of drug-likeness (QED) is 0.477. The normalized spacial score (nSPS) is 11.8. The van der Waals surface area contributed by atoms with E-state index in [1.54, 1.807) is 25.3 Å². The second-order valence-corrected chi connectivity index (χ2v) is 10.7. The molecule has 0 radical (unpaired) electrons. The molecular formula is C18H17Cl2N3O3S3. The van der Waals surface area contributed by atoms with E-state index in [-0.39, 0.29) is 15.5 Å². The average Bonchev–Trinajstić information content (AvgIpc) is 3.31. The van der Waals surface area contributed by atoms with E-state index in [4.69, 9.17) is 23.2 Å². The van der Waals surface area contributed by atoms with Gasteiger partial charge in [0.15, 0.2) is 5.13 Å². The zero-order valence-corrected chi connectivity index (χ0v) is 19.4. The molecule has 2 heterocycles. The molecule has 11 heteroatoms. The number of thiophene rings is 1. The lowest BCUT2D eigenvalue weighted by Gasteiger charge is -2.19. The summed E-state index contributed by atoms with van der Waals surface area (Å²) in [5.41, 5.74) is 0.766. The van der Waals surface area contributed by atoms with E-state index < -0.39 is 15.9 Å². The van der Waals surface area contributed by atoms with E-state index >= 15 is 0 Å². The van der Waals surface area contributed by atoms with Crippen LogP contribution in [-0.2, 0) is 10.0 Å². The first-order chi connectivity index (χ1) is 13.8. The molecule has 0 aliphatic heterocycles. The van der Waals surface area contributed by atoms with Gasteiger partial charge in [-0.2, -0.15) is 4.31 Å². The number of benzene rings is 1. The van der Waals surface area contributed by atoms with Gasteiger partial charge in [0.1, 0.15) is 0 Å². The third kappa shape index (κ3) is 4.82. The first kappa shape index (κ1) is 22.2. The number of rotatable bonds is 7. The van der Waals surface area contributed by atoms with E-state index in [1.165, 1.54) is 45.2 Å². The van der Waals surface area contributed by atoms with Crippen LogP contribution in [0.4, 0.5) is 5.13 Å². The van der Waals surface area contributed by atoms with Crippen molar-refractivity contribution in [3.63, 3.8) is 0 Å². The van der Waals surface area contributed by atoms with Gasteiger partial charge < -0.3 is 0 Å². The van der Waals surface area contributed by atoms with Crippen LogP contribution in [0.1, 0.15) is 24.2 Å². The number of sulfonamides is 1. The Kier molecular flexibility index (Phi) is 6.98. The number of hydrogen-bond acceptors (Lipinski definition) is 6. The molecule has 1 amide bonds. The molecule has 0 spiro atoms. The van der Waals surface area contributed by atoms with Gasteiger partial charge in [0.25, 0.3) is 5.91 Å². The van der Waals surface area contributed by atoms with E-state index in [2.05, 4.69) is 10.3 Å². The maximum absolute atomic E-state index is 12.7. The first-order valence-electron chi connectivity index (χ1n) is 8.58. The van der Waals surface area contributed by atoms with E-state index in [0.29, 0.717) is 28.3 Å². The molecule has 0 saturated carbocycles. The number of hydrogen-bond donors (Lipinski definition) is 1. The van der Waals surface area contributed by atoms with Crippen LogP contribution < -0.4 is 5.32 Å². The van der Waals surface area contributed by atoms with Gasteiger partial charge in [-0.05, 0) is 30.3 Å². The highest BCUT2D eigenvalue weighted by Gasteiger charge is 2.24. The minimum absolute atomic E-state index is 0.0174. The summed E-state index contributed by atoms with van der Waals surface area (Å²) in [5, 5.41) is 5.02. The van der Waals surface area contributed by atoms with E-state index in [1.807, 2.05) is 6.07 Å². The van der Waals surface area contributed by atoms with Crippen molar-refractivity contribution >= 4 is 66.9 Å². The number of nitrogens with zero attached hydrogens (tertiary/aromatic N) is 2.